The van der Waals surface area contributed by atoms with E-state index in [0.717, 1.165) is 23.0 Å². The number of hydrogen-bond acceptors (Lipinski definition) is 7. The summed E-state index contributed by atoms with van der Waals surface area (Å²) in [7, 11) is 0. The van der Waals surface area contributed by atoms with Crippen LogP contribution in [0, 0.1) is 0 Å². The van der Waals surface area contributed by atoms with Gasteiger partial charge in [0.05, 0.1) is 11.7 Å². The number of nitrogens with one attached hydrogen (secondary N) is 1. The van der Waals surface area contributed by atoms with Gasteiger partial charge in [-0.15, -0.1) is 11.3 Å². The van der Waals surface area contributed by atoms with Crippen molar-refractivity contribution >= 4 is 22.3 Å². The number of benzene rings is 2. The van der Waals surface area contributed by atoms with Crippen molar-refractivity contribution in [2.45, 2.75) is 12.5 Å². The van der Waals surface area contributed by atoms with Gasteiger partial charge in [0.15, 0.2) is 5.13 Å². The van der Waals surface area contributed by atoms with Gasteiger partial charge in [0.25, 0.3) is 0 Å². The highest BCUT2D eigenvalue weighted by atomic mass is 32.1. The Morgan fingerprint density at radius 1 is 1.00 bits per heavy atom. The molecule has 0 aliphatic carbocycles. The third-order valence-electron chi connectivity index (χ3n) is 4.04. The molecule has 0 spiro atoms. The lowest BCUT2D eigenvalue weighted by Crippen LogP contribution is -2.13. The fourth-order valence-corrected chi connectivity index (χ4v) is 3.45. The van der Waals surface area contributed by atoms with E-state index in [9.17, 15) is 0 Å². The van der Waals surface area contributed by atoms with Gasteiger partial charge in [-0.1, -0.05) is 48.5 Å². The van der Waals surface area contributed by atoms with Crippen LogP contribution in [-0.2, 0) is 6.42 Å². The molecule has 2 aromatic carbocycles. The Balaban J connectivity index is 1.42. The third kappa shape index (κ3) is 4.70. The molecule has 0 aliphatic rings. The van der Waals surface area contributed by atoms with Crippen molar-refractivity contribution in [2.75, 3.05) is 5.32 Å². The molecule has 0 fully saturated rings. The molecule has 140 valence electrons. The minimum atomic E-state index is -0.156. The number of nitrogens with zero attached hydrogens (tertiary/aromatic N) is 3. The lowest BCUT2D eigenvalue weighted by molar-refractivity contribution is 0.462. The summed E-state index contributed by atoms with van der Waals surface area (Å²) in [4.78, 5) is 13.0. The van der Waals surface area contributed by atoms with Crippen LogP contribution in [0.25, 0.3) is 0 Å². The molecular formula is C21H19N5OS. The lowest BCUT2D eigenvalue weighted by atomic mass is 10.1. The first-order chi connectivity index (χ1) is 13.8. The molecule has 6 nitrogen and oxygen atoms in total. The maximum atomic E-state index is 6.31. The summed E-state index contributed by atoms with van der Waals surface area (Å²) < 4.78 is 5.74. The molecule has 2 aromatic heterocycles. The molecular weight excluding hydrogens is 370 g/mol. The Morgan fingerprint density at radius 3 is 2.54 bits per heavy atom. The second kappa shape index (κ2) is 8.60. The molecule has 7 heteroatoms. The molecule has 3 N–H and O–H groups in total. The van der Waals surface area contributed by atoms with Gasteiger partial charge in [0, 0.05) is 11.4 Å². The van der Waals surface area contributed by atoms with Crippen LogP contribution in [0.5, 0.6) is 11.6 Å². The largest absolute Gasteiger partial charge is 0.439 e. The summed E-state index contributed by atoms with van der Waals surface area (Å²) in [6, 6.07) is 21.2. The Morgan fingerprint density at radius 2 is 1.75 bits per heavy atom. The van der Waals surface area contributed by atoms with E-state index in [1.807, 2.05) is 53.9 Å². The molecule has 4 aromatic rings. The van der Waals surface area contributed by atoms with Gasteiger partial charge in [0.2, 0.25) is 5.88 Å². The molecule has 0 radical (unpaired) electrons. The van der Waals surface area contributed by atoms with Crippen LogP contribution in [-0.4, -0.2) is 15.0 Å². The minimum absolute atomic E-state index is 0.156. The van der Waals surface area contributed by atoms with Gasteiger partial charge in [-0.25, -0.2) is 15.0 Å². The van der Waals surface area contributed by atoms with Crippen molar-refractivity contribution < 1.29 is 4.74 Å². The standard InChI is InChI=1S/C21H19N5OS/c22-17(11-15-7-3-1-4-8-15)18-13-28-21(25-18)26-19-12-20(24-14-23-19)27-16-9-5-2-6-10-16/h1-10,12-14,17H,11,22H2,(H,23,24,25,26). The summed E-state index contributed by atoms with van der Waals surface area (Å²) in [5, 5.41) is 5.89. The minimum Gasteiger partial charge on any atom is -0.439 e. The molecule has 0 amide bonds. The van der Waals surface area contributed by atoms with Gasteiger partial charge < -0.3 is 15.8 Å². The SMILES string of the molecule is NC(Cc1ccccc1)c1csc(Nc2cc(Oc3ccccc3)ncn2)n1. The summed E-state index contributed by atoms with van der Waals surface area (Å²) in [5.41, 5.74) is 8.36. The van der Waals surface area contributed by atoms with Gasteiger partial charge in [-0.3, -0.25) is 0 Å². The third-order valence-corrected chi connectivity index (χ3v) is 4.82. The predicted octanol–water partition coefficient (Wildman–Crippen LogP) is 4.71. The first-order valence-corrected chi connectivity index (χ1v) is 9.71. The van der Waals surface area contributed by atoms with Crippen LogP contribution in [0.3, 0.4) is 0 Å². The average molecular weight is 389 g/mol. The van der Waals surface area contributed by atoms with Gasteiger partial charge in [-0.2, -0.15) is 0 Å². The molecule has 4 rings (SSSR count). The molecule has 0 saturated heterocycles. The van der Waals surface area contributed by atoms with Gasteiger partial charge in [-0.05, 0) is 24.1 Å². The predicted molar refractivity (Wildman–Crippen MR) is 111 cm³/mol. The smallest absolute Gasteiger partial charge is 0.224 e. The maximum absolute atomic E-state index is 6.31. The van der Waals surface area contributed by atoms with Crippen molar-refractivity contribution in [2.24, 2.45) is 5.73 Å². The van der Waals surface area contributed by atoms with E-state index in [4.69, 9.17) is 10.5 Å². The number of ether oxygens (including phenoxy) is 1. The second-order valence-electron chi connectivity index (χ2n) is 6.16. The summed E-state index contributed by atoms with van der Waals surface area (Å²) in [6.07, 6.45) is 2.20. The first-order valence-electron chi connectivity index (χ1n) is 8.83. The molecule has 2 heterocycles. The Labute approximate surface area is 167 Å². The van der Waals surface area contributed by atoms with Crippen molar-refractivity contribution in [1.82, 2.24) is 15.0 Å². The van der Waals surface area contributed by atoms with Crippen molar-refractivity contribution in [3.8, 4) is 11.6 Å². The van der Waals surface area contributed by atoms with E-state index < -0.39 is 0 Å². The van der Waals surface area contributed by atoms with E-state index in [0.29, 0.717) is 11.7 Å². The molecule has 0 saturated carbocycles. The van der Waals surface area contributed by atoms with E-state index in [1.54, 1.807) is 6.07 Å². The van der Waals surface area contributed by atoms with Crippen LogP contribution < -0.4 is 15.8 Å². The molecule has 1 unspecified atom stereocenters. The van der Waals surface area contributed by atoms with Crippen molar-refractivity contribution in [3.63, 3.8) is 0 Å². The summed E-state index contributed by atoms with van der Waals surface area (Å²) >= 11 is 1.49. The zero-order valence-electron chi connectivity index (χ0n) is 15.0. The highest BCUT2D eigenvalue weighted by Gasteiger charge is 2.12. The van der Waals surface area contributed by atoms with Crippen molar-refractivity contribution in [1.29, 1.82) is 0 Å². The zero-order chi connectivity index (χ0) is 19.2. The first kappa shape index (κ1) is 18.1. The molecule has 0 aliphatic heterocycles. The maximum Gasteiger partial charge on any atom is 0.224 e. The Hall–Kier alpha value is -3.29. The Kier molecular flexibility index (Phi) is 5.56. The highest BCUT2D eigenvalue weighted by Crippen LogP contribution is 2.26. The highest BCUT2D eigenvalue weighted by molar-refractivity contribution is 7.13. The van der Waals surface area contributed by atoms with E-state index in [1.165, 1.54) is 23.2 Å². The molecule has 0 bridgehead atoms. The number of aromatic nitrogens is 3. The average Bonchev–Trinajstić information content (AvgIpc) is 3.18. The van der Waals surface area contributed by atoms with Gasteiger partial charge >= 0.3 is 0 Å². The quantitative estimate of drug-likeness (QED) is 0.476. The number of para-hydroxylation sites is 1. The fourth-order valence-electron chi connectivity index (χ4n) is 2.67. The number of anilines is 2. The number of hydrogen-bond donors (Lipinski definition) is 2. The number of rotatable bonds is 7. The summed E-state index contributed by atoms with van der Waals surface area (Å²) in [6.45, 7) is 0. The van der Waals surface area contributed by atoms with E-state index in [2.05, 4.69) is 32.4 Å². The lowest BCUT2D eigenvalue weighted by Gasteiger charge is -2.09. The van der Waals surface area contributed by atoms with Crippen LogP contribution >= 0.6 is 11.3 Å². The monoisotopic (exact) mass is 389 g/mol. The van der Waals surface area contributed by atoms with Crippen molar-refractivity contribution in [3.05, 3.63) is 89.7 Å². The van der Waals surface area contributed by atoms with Crippen LogP contribution in [0.15, 0.2) is 78.4 Å². The van der Waals surface area contributed by atoms with Crippen LogP contribution in [0.2, 0.25) is 0 Å². The topological polar surface area (TPSA) is 86.0 Å². The van der Waals surface area contributed by atoms with E-state index >= 15 is 0 Å². The summed E-state index contributed by atoms with van der Waals surface area (Å²) in [5.74, 6) is 1.79. The molecule has 28 heavy (non-hydrogen) atoms. The van der Waals surface area contributed by atoms with E-state index in [-0.39, 0.29) is 6.04 Å². The Bertz CT molecular complexity index is 1020. The van der Waals surface area contributed by atoms with Gasteiger partial charge in [0.1, 0.15) is 17.9 Å². The fraction of sp³-hybridized carbons (Fsp3) is 0.0952. The number of nitrogens with two attached hydrogens (primary N) is 1. The molecule has 1 atom stereocenters. The van der Waals surface area contributed by atoms with Crippen LogP contribution in [0.1, 0.15) is 17.3 Å². The zero-order valence-corrected chi connectivity index (χ0v) is 15.8. The normalized spacial score (nSPS) is 11.8. The van der Waals surface area contributed by atoms with Crippen LogP contribution in [0.4, 0.5) is 10.9 Å². The second-order valence-corrected chi connectivity index (χ2v) is 7.01. The number of thiazole rings is 1.